The lowest BCUT2D eigenvalue weighted by atomic mass is 9.99. The number of hydrogen-bond donors (Lipinski definition) is 6. The van der Waals surface area contributed by atoms with Crippen molar-refractivity contribution in [2.45, 2.75) is 249 Å². The first-order chi connectivity index (χ1) is 30.7. The zero-order chi connectivity index (χ0) is 46.0. The average molecular weight is 892 g/mol. The van der Waals surface area contributed by atoms with Crippen LogP contribution < -0.4 is 5.32 Å². The van der Waals surface area contributed by atoms with Gasteiger partial charge in [0.2, 0.25) is 5.91 Å². The summed E-state index contributed by atoms with van der Waals surface area (Å²) >= 11 is 0. The van der Waals surface area contributed by atoms with Crippen LogP contribution in [0.1, 0.15) is 206 Å². The molecule has 7 unspecified atom stereocenters. The van der Waals surface area contributed by atoms with Gasteiger partial charge < -0.3 is 45.1 Å². The Morgan fingerprint density at radius 2 is 1.03 bits per heavy atom. The summed E-state index contributed by atoms with van der Waals surface area (Å²) in [5.74, 6) is -0.281. The molecule has 0 aliphatic carbocycles. The van der Waals surface area contributed by atoms with Crippen LogP contribution in [0.25, 0.3) is 0 Å². The third-order valence-electron chi connectivity index (χ3n) is 11.6. The number of ether oxygens (including phenoxy) is 3. The Hall–Kier alpha value is -2.38. The van der Waals surface area contributed by atoms with Crippen molar-refractivity contribution in [1.29, 1.82) is 0 Å². The Morgan fingerprint density at radius 3 is 1.60 bits per heavy atom. The number of nitrogens with one attached hydrogen (secondary N) is 1. The normalized spacial score (nSPS) is 20.4. The first kappa shape index (κ1) is 58.6. The van der Waals surface area contributed by atoms with E-state index in [0.29, 0.717) is 25.9 Å². The minimum Gasteiger partial charge on any atom is -0.466 e. The van der Waals surface area contributed by atoms with Crippen LogP contribution in [0.5, 0.6) is 0 Å². The Balaban J connectivity index is 2.17. The second-order valence-electron chi connectivity index (χ2n) is 17.5. The first-order valence-electron chi connectivity index (χ1n) is 25.4. The fourth-order valence-corrected chi connectivity index (χ4v) is 7.49. The zero-order valence-corrected chi connectivity index (χ0v) is 39.8. The van der Waals surface area contributed by atoms with E-state index >= 15 is 0 Å². The molecule has 366 valence electrons. The van der Waals surface area contributed by atoms with E-state index in [1.807, 2.05) is 6.08 Å². The highest BCUT2D eigenvalue weighted by Crippen LogP contribution is 2.22. The molecule has 63 heavy (non-hydrogen) atoms. The Morgan fingerprint density at radius 1 is 0.571 bits per heavy atom. The lowest BCUT2D eigenvalue weighted by Crippen LogP contribution is -2.60. The SMILES string of the molecule is CCCCC/C=C/CC/C=C/C(O)C(COC1OC(CO)C(O)C(O)C1O)NC(=O)CCCCCCC/C=C\CCCCCOC(=O)CCCCCCC/C=C\CCCCCCC. The summed E-state index contributed by atoms with van der Waals surface area (Å²) in [5.41, 5.74) is 0. The zero-order valence-electron chi connectivity index (χ0n) is 39.8. The molecule has 0 aromatic carbocycles. The number of hydrogen-bond acceptors (Lipinski definition) is 10. The molecule has 1 fully saturated rings. The molecular weight excluding hydrogens is 799 g/mol. The quantitative estimate of drug-likeness (QED) is 0.0197. The smallest absolute Gasteiger partial charge is 0.305 e. The van der Waals surface area contributed by atoms with Gasteiger partial charge in [-0.2, -0.15) is 0 Å². The third-order valence-corrected chi connectivity index (χ3v) is 11.6. The molecule has 6 N–H and O–H groups in total. The van der Waals surface area contributed by atoms with Crippen molar-refractivity contribution >= 4 is 11.9 Å². The number of rotatable bonds is 42. The van der Waals surface area contributed by atoms with Gasteiger partial charge in [-0.1, -0.05) is 140 Å². The summed E-state index contributed by atoms with van der Waals surface area (Å²) in [5, 5.41) is 54.0. The van der Waals surface area contributed by atoms with Gasteiger partial charge in [0, 0.05) is 12.8 Å². The van der Waals surface area contributed by atoms with Crippen LogP contribution in [-0.4, -0.2) is 100 Å². The second kappa shape index (κ2) is 42.3. The lowest BCUT2D eigenvalue weighted by molar-refractivity contribution is -0.302. The number of carbonyl (C=O) groups is 2. The molecule has 1 amide bonds. The maximum atomic E-state index is 12.9. The van der Waals surface area contributed by atoms with Gasteiger partial charge in [-0.25, -0.2) is 0 Å². The summed E-state index contributed by atoms with van der Waals surface area (Å²) in [6, 6.07) is -0.845. The number of carbonyl (C=O) groups excluding carboxylic acids is 2. The maximum absolute atomic E-state index is 12.9. The van der Waals surface area contributed by atoms with Crippen LogP contribution in [0, 0.1) is 0 Å². The molecule has 1 heterocycles. The fraction of sp³-hybridized carbons (Fsp3) is 0.808. The molecule has 1 aliphatic rings. The molecular formula is C52H93NO10. The second-order valence-corrected chi connectivity index (χ2v) is 17.5. The number of unbranched alkanes of at least 4 members (excludes halogenated alkanes) is 22. The predicted octanol–water partition coefficient (Wildman–Crippen LogP) is 10.2. The largest absolute Gasteiger partial charge is 0.466 e. The highest BCUT2D eigenvalue weighted by Gasteiger charge is 2.44. The van der Waals surface area contributed by atoms with E-state index in [-0.39, 0.29) is 18.5 Å². The minimum atomic E-state index is -1.59. The van der Waals surface area contributed by atoms with Crippen LogP contribution in [0.2, 0.25) is 0 Å². The van der Waals surface area contributed by atoms with Crippen LogP contribution in [0.4, 0.5) is 0 Å². The number of amides is 1. The average Bonchev–Trinajstić information content (AvgIpc) is 3.28. The van der Waals surface area contributed by atoms with Crippen LogP contribution in [0.15, 0.2) is 48.6 Å². The number of aliphatic hydroxyl groups is 5. The first-order valence-corrected chi connectivity index (χ1v) is 25.4. The van der Waals surface area contributed by atoms with Gasteiger partial charge in [0.25, 0.3) is 0 Å². The molecule has 0 spiro atoms. The Kier molecular flexibility index (Phi) is 39.3. The van der Waals surface area contributed by atoms with Crippen LogP contribution in [-0.2, 0) is 23.8 Å². The van der Waals surface area contributed by atoms with Crippen LogP contribution in [0.3, 0.4) is 0 Å². The molecule has 1 rings (SSSR count). The predicted molar refractivity (Wildman–Crippen MR) is 255 cm³/mol. The summed E-state index contributed by atoms with van der Waals surface area (Å²) in [4.78, 5) is 25.0. The van der Waals surface area contributed by atoms with Gasteiger partial charge in [0.05, 0.1) is 32.0 Å². The van der Waals surface area contributed by atoms with Crippen molar-refractivity contribution in [3.05, 3.63) is 48.6 Å². The van der Waals surface area contributed by atoms with Crippen molar-refractivity contribution in [3.63, 3.8) is 0 Å². The van der Waals surface area contributed by atoms with Gasteiger partial charge in [-0.15, -0.1) is 0 Å². The summed E-state index contributed by atoms with van der Waals surface area (Å²) in [6.07, 6.45) is 40.6. The van der Waals surface area contributed by atoms with Crippen molar-refractivity contribution in [2.75, 3.05) is 19.8 Å². The van der Waals surface area contributed by atoms with E-state index in [4.69, 9.17) is 14.2 Å². The van der Waals surface area contributed by atoms with E-state index in [1.165, 1.54) is 83.5 Å². The monoisotopic (exact) mass is 892 g/mol. The number of esters is 1. The molecule has 0 radical (unpaired) electrons. The van der Waals surface area contributed by atoms with E-state index in [1.54, 1.807) is 6.08 Å². The summed E-state index contributed by atoms with van der Waals surface area (Å²) < 4.78 is 16.6. The highest BCUT2D eigenvalue weighted by atomic mass is 16.7. The van der Waals surface area contributed by atoms with Crippen molar-refractivity contribution in [2.24, 2.45) is 0 Å². The highest BCUT2D eigenvalue weighted by molar-refractivity contribution is 5.76. The maximum Gasteiger partial charge on any atom is 0.305 e. The van der Waals surface area contributed by atoms with E-state index in [9.17, 15) is 35.1 Å². The molecule has 0 aromatic heterocycles. The summed E-state index contributed by atoms with van der Waals surface area (Å²) in [6.45, 7) is 4.15. The molecule has 11 nitrogen and oxygen atoms in total. The van der Waals surface area contributed by atoms with Crippen molar-refractivity contribution in [1.82, 2.24) is 5.32 Å². The van der Waals surface area contributed by atoms with E-state index in [2.05, 4.69) is 55.6 Å². The van der Waals surface area contributed by atoms with Crippen LogP contribution >= 0.6 is 0 Å². The molecule has 0 aromatic rings. The molecule has 0 bridgehead atoms. The molecule has 11 heteroatoms. The van der Waals surface area contributed by atoms with Crippen molar-refractivity contribution < 1.29 is 49.3 Å². The number of allylic oxidation sites excluding steroid dienone is 7. The lowest BCUT2D eigenvalue weighted by Gasteiger charge is -2.40. The molecule has 1 saturated heterocycles. The topological polar surface area (TPSA) is 175 Å². The van der Waals surface area contributed by atoms with Gasteiger partial charge in [0.1, 0.15) is 24.4 Å². The Labute approximate surface area is 383 Å². The van der Waals surface area contributed by atoms with Gasteiger partial charge in [-0.05, 0) is 103 Å². The standard InChI is InChI=1S/C52H93NO10/c1-3-5-7-9-11-13-14-15-16-20-24-28-32-36-40-48(57)61-41-37-33-29-25-21-18-17-19-23-27-31-35-39-47(56)53-44(45(55)38-34-30-26-22-12-10-8-6-4-2)43-62-52-51(60)50(59)49(58)46(42-54)63-52/h12,14-15,18,21-22,34,38,44-46,49-52,54-55,58-60H,3-11,13,16-17,19-20,23-33,35-37,39-43H2,1-2H3,(H,53,56)/b15-14-,21-18-,22-12+,38-34+. The minimum absolute atomic E-state index is 0.0579. The van der Waals surface area contributed by atoms with Crippen molar-refractivity contribution in [3.8, 4) is 0 Å². The van der Waals surface area contributed by atoms with E-state index < -0.39 is 49.5 Å². The van der Waals surface area contributed by atoms with Gasteiger partial charge >= 0.3 is 5.97 Å². The number of aliphatic hydroxyl groups excluding tert-OH is 5. The molecule has 7 atom stereocenters. The third kappa shape index (κ3) is 32.9. The van der Waals surface area contributed by atoms with Gasteiger partial charge in [-0.3, -0.25) is 9.59 Å². The fourth-order valence-electron chi connectivity index (χ4n) is 7.49. The Bertz CT molecular complexity index is 1190. The molecule has 1 aliphatic heterocycles. The van der Waals surface area contributed by atoms with Gasteiger partial charge in [0.15, 0.2) is 6.29 Å². The summed E-state index contributed by atoms with van der Waals surface area (Å²) in [7, 11) is 0. The molecule has 0 saturated carbocycles. The van der Waals surface area contributed by atoms with E-state index in [0.717, 1.165) is 89.9 Å².